The number of ether oxygens (including phenoxy) is 2. The largest absolute Gasteiger partial charge is 0.383 e. The maximum absolute atomic E-state index is 5.86. The average molecular weight is 298 g/mol. The van der Waals surface area contributed by atoms with Crippen LogP contribution >= 0.6 is 11.3 Å². The van der Waals surface area contributed by atoms with Crippen molar-refractivity contribution in [3.05, 3.63) is 16.1 Å². The first-order valence-electron chi connectivity index (χ1n) is 7.32. The molecule has 1 saturated heterocycles. The van der Waals surface area contributed by atoms with Gasteiger partial charge in [0.15, 0.2) is 0 Å². The molecule has 20 heavy (non-hydrogen) atoms. The van der Waals surface area contributed by atoms with E-state index in [-0.39, 0.29) is 17.6 Å². The van der Waals surface area contributed by atoms with Crippen molar-refractivity contribution in [2.75, 3.05) is 26.9 Å². The Hall–Kier alpha value is -0.490. The van der Waals surface area contributed by atoms with Gasteiger partial charge in [0.1, 0.15) is 5.01 Å². The number of methoxy groups -OCH3 is 1. The monoisotopic (exact) mass is 298 g/mol. The lowest BCUT2D eigenvalue weighted by atomic mass is 9.93. The van der Waals surface area contributed by atoms with Crippen LogP contribution in [0.1, 0.15) is 50.4 Å². The predicted octanol–water partition coefficient (Wildman–Crippen LogP) is 2.90. The van der Waals surface area contributed by atoms with Gasteiger partial charge in [-0.25, -0.2) is 4.98 Å². The van der Waals surface area contributed by atoms with Crippen molar-refractivity contribution in [3.8, 4) is 0 Å². The summed E-state index contributed by atoms with van der Waals surface area (Å²) in [4.78, 5) is 4.84. The summed E-state index contributed by atoms with van der Waals surface area (Å²) in [5.41, 5.74) is 1.26. The van der Waals surface area contributed by atoms with E-state index in [1.807, 2.05) is 0 Å². The molecule has 0 radical (unpaired) electrons. The number of hydrogen-bond donors (Lipinski definition) is 1. The maximum Gasteiger partial charge on any atom is 0.113 e. The fraction of sp³-hybridized carbons (Fsp3) is 0.800. The Morgan fingerprint density at radius 1 is 1.55 bits per heavy atom. The van der Waals surface area contributed by atoms with E-state index in [9.17, 15) is 0 Å². The summed E-state index contributed by atoms with van der Waals surface area (Å²) in [5, 5.41) is 6.85. The highest BCUT2D eigenvalue weighted by Gasteiger charge is 2.30. The molecule has 2 atom stereocenters. The normalized spacial score (nSPS) is 21.3. The minimum atomic E-state index is 0.0996. The highest BCUT2D eigenvalue weighted by Crippen LogP contribution is 2.32. The Balaban J connectivity index is 2.10. The van der Waals surface area contributed by atoms with Gasteiger partial charge in [0.05, 0.1) is 24.4 Å². The topological polar surface area (TPSA) is 43.4 Å². The molecule has 5 heteroatoms. The number of nitrogens with zero attached hydrogens (tertiary/aromatic N) is 1. The fourth-order valence-electron chi connectivity index (χ4n) is 2.33. The molecule has 0 aliphatic carbocycles. The van der Waals surface area contributed by atoms with Gasteiger partial charge in [-0.15, -0.1) is 11.3 Å². The molecule has 0 saturated carbocycles. The molecule has 1 fully saturated rings. The van der Waals surface area contributed by atoms with Crippen molar-refractivity contribution in [2.45, 2.75) is 51.2 Å². The zero-order chi connectivity index (χ0) is 14.6. The van der Waals surface area contributed by atoms with E-state index < -0.39 is 0 Å². The van der Waals surface area contributed by atoms with Gasteiger partial charge in [0.25, 0.3) is 0 Å². The molecule has 0 spiro atoms. The quantitative estimate of drug-likeness (QED) is 0.820. The molecule has 1 N–H and O–H groups in total. The molecule has 1 aliphatic heterocycles. The molecule has 0 amide bonds. The van der Waals surface area contributed by atoms with Crippen LogP contribution in [0.2, 0.25) is 0 Å². The van der Waals surface area contributed by atoms with Crippen LogP contribution in [0.25, 0.3) is 0 Å². The highest BCUT2D eigenvalue weighted by molar-refractivity contribution is 7.09. The Labute approximate surface area is 125 Å². The number of hydrogen-bond acceptors (Lipinski definition) is 5. The minimum Gasteiger partial charge on any atom is -0.383 e. The van der Waals surface area contributed by atoms with Gasteiger partial charge in [0, 0.05) is 31.1 Å². The molecular weight excluding hydrogens is 272 g/mol. The summed E-state index contributed by atoms with van der Waals surface area (Å²) >= 11 is 1.73. The van der Waals surface area contributed by atoms with Crippen LogP contribution in [0.15, 0.2) is 5.38 Å². The zero-order valence-electron chi connectivity index (χ0n) is 12.9. The molecule has 1 aliphatic rings. The van der Waals surface area contributed by atoms with Crippen molar-refractivity contribution in [1.29, 1.82) is 0 Å². The predicted molar refractivity (Wildman–Crippen MR) is 82.4 cm³/mol. The van der Waals surface area contributed by atoms with Crippen LogP contribution < -0.4 is 5.32 Å². The molecule has 2 heterocycles. The van der Waals surface area contributed by atoms with Crippen LogP contribution in [-0.2, 0) is 14.9 Å². The van der Waals surface area contributed by atoms with E-state index >= 15 is 0 Å². The van der Waals surface area contributed by atoms with Crippen LogP contribution in [-0.4, -0.2) is 38.0 Å². The van der Waals surface area contributed by atoms with E-state index in [4.69, 9.17) is 14.5 Å². The summed E-state index contributed by atoms with van der Waals surface area (Å²) in [6.07, 6.45) is 2.49. The van der Waals surface area contributed by atoms with Gasteiger partial charge >= 0.3 is 0 Å². The van der Waals surface area contributed by atoms with E-state index in [1.165, 1.54) is 0 Å². The Kier molecular flexibility index (Phi) is 5.55. The third kappa shape index (κ3) is 4.01. The smallest absolute Gasteiger partial charge is 0.113 e. The third-order valence-electron chi connectivity index (χ3n) is 3.56. The standard InChI is InChI=1S/C15H26N2O2S/c1-15(2,3)12-10-20-14(17-12)13(16-7-9-18-4)11-6-5-8-19-11/h10-11,13,16H,5-9H2,1-4H3. The van der Waals surface area contributed by atoms with Crippen LogP contribution in [0.5, 0.6) is 0 Å². The molecule has 0 bridgehead atoms. The third-order valence-corrected chi connectivity index (χ3v) is 4.49. The van der Waals surface area contributed by atoms with Crippen LogP contribution in [0, 0.1) is 0 Å². The number of rotatable bonds is 6. The lowest BCUT2D eigenvalue weighted by molar-refractivity contribution is 0.0746. The SMILES string of the molecule is COCCNC(c1nc(C(C)(C)C)cs1)C1CCCO1. The molecule has 4 nitrogen and oxygen atoms in total. The molecular formula is C15H26N2O2S. The Morgan fingerprint density at radius 3 is 2.90 bits per heavy atom. The summed E-state index contributed by atoms with van der Waals surface area (Å²) in [5.74, 6) is 0. The second-order valence-corrected chi connectivity index (χ2v) is 7.19. The van der Waals surface area contributed by atoms with Crippen LogP contribution in [0.3, 0.4) is 0 Å². The van der Waals surface area contributed by atoms with Gasteiger partial charge in [0.2, 0.25) is 0 Å². The van der Waals surface area contributed by atoms with Crippen molar-refractivity contribution < 1.29 is 9.47 Å². The van der Waals surface area contributed by atoms with Gasteiger partial charge in [-0.05, 0) is 12.8 Å². The summed E-state index contributed by atoms with van der Waals surface area (Å²) < 4.78 is 11.0. The van der Waals surface area contributed by atoms with Crippen molar-refractivity contribution in [3.63, 3.8) is 0 Å². The average Bonchev–Trinajstić information content (AvgIpc) is 3.05. The van der Waals surface area contributed by atoms with Gasteiger partial charge < -0.3 is 14.8 Å². The molecule has 1 aromatic rings. The van der Waals surface area contributed by atoms with Crippen LogP contribution in [0.4, 0.5) is 0 Å². The maximum atomic E-state index is 5.86. The van der Waals surface area contributed by atoms with Crippen molar-refractivity contribution in [2.24, 2.45) is 0 Å². The van der Waals surface area contributed by atoms with E-state index in [2.05, 4.69) is 31.5 Å². The van der Waals surface area contributed by atoms with Gasteiger partial charge in [-0.1, -0.05) is 20.8 Å². The number of nitrogens with one attached hydrogen (secondary N) is 1. The van der Waals surface area contributed by atoms with Gasteiger partial charge in [-0.2, -0.15) is 0 Å². The number of aromatic nitrogens is 1. The first kappa shape index (κ1) is 15.9. The highest BCUT2D eigenvalue weighted by atomic mass is 32.1. The molecule has 2 unspecified atom stereocenters. The lowest BCUT2D eigenvalue weighted by Crippen LogP contribution is -2.33. The van der Waals surface area contributed by atoms with Crippen molar-refractivity contribution >= 4 is 11.3 Å². The fourth-order valence-corrected chi connectivity index (χ4v) is 3.51. The molecule has 114 valence electrons. The van der Waals surface area contributed by atoms with E-state index in [0.29, 0.717) is 6.61 Å². The van der Waals surface area contributed by atoms with Gasteiger partial charge in [-0.3, -0.25) is 0 Å². The number of thiazole rings is 1. The van der Waals surface area contributed by atoms with E-state index in [1.54, 1.807) is 18.4 Å². The zero-order valence-corrected chi connectivity index (χ0v) is 13.8. The molecule has 2 rings (SSSR count). The summed E-state index contributed by atoms with van der Waals surface area (Å²) in [7, 11) is 1.73. The first-order valence-corrected chi connectivity index (χ1v) is 8.20. The summed E-state index contributed by atoms with van der Waals surface area (Å²) in [6, 6.07) is 0.189. The summed E-state index contributed by atoms with van der Waals surface area (Å²) in [6.45, 7) is 9.00. The Morgan fingerprint density at radius 2 is 2.35 bits per heavy atom. The second kappa shape index (κ2) is 6.98. The Bertz CT molecular complexity index is 408. The molecule has 1 aromatic heterocycles. The lowest BCUT2D eigenvalue weighted by Gasteiger charge is -2.22. The first-order chi connectivity index (χ1) is 9.52. The van der Waals surface area contributed by atoms with E-state index in [0.717, 1.165) is 36.7 Å². The minimum absolute atomic E-state index is 0.0996. The van der Waals surface area contributed by atoms with Crippen molar-refractivity contribution in [1.82, 2.24) is 10.3 Å². The second-order valence-electron chi connectivity index (χ2n) is 6.30. The molecule has 0 aromatic carbocycles.